The van der Waals surface area contributed by atoms with Crippen molar-refractivity contribution in [2.45, 2.75) is 11.8 Å². The maximum absolute atomic E-state index is 12.3. The van der Waals surface area contributed by atoms with Crippen LogP contribution in [0.2, 0.25) is 0 Å². The maximum atomic E-state index is 12.3. The van der Waals surface area contributed by atoms with Crippen LogP contribution in [0.15, 0.2) is 53.4 Å². The lowest BCUT2D eigenvalue weighted by molar-refractivity contribution is 0.102. The Labute approximate surface area is 145 Å². The van der Waals surface area contributed by atoms with Gasteiger partial charge in [-0.1, -0.05) is 6.07 Å². The van der Waals surface area contributed by atoms with Crippen LogP contribution in [-0.2, 0) is 9.84 Å². The van der Waals surface area contributed by atoms with Crippen molar-refractivity contribution in [3.05, 3.63) is 59.9 Å². The van der Waals surface area contributed by atoms with Gasteiger partial charge in [0.2, 0.25) is 0 Å². The van der Waals surface area contributed by atoms with Crippen molar-refractivity contribution in [3.8, 4) is 11.4 Å². The molecule has 2 N–H and O–H groups in total. The topological polar surface area (TPSA) is 105 Å². The highest BCUT2D eigenvalue weighted by Crippen LogP contribution is 2.19. The molecule has 0 radical (unpaired) electrons. The Morgan fingerprint density at radius 2 is 1.84 bits per heavy atom. The number of carbonyl (C=O) groups is 1. The Morgan fingerprint density at radius 1 is 1.12 bits per heavy atom. The fourth-order valence-electron chi connectivity index (χ4n) is 2.25. The average Bonchev–Trinajstić information content (AvgIpc) is 3.01. The van der Waals surface area contributed by atoms with Gasteiger partial charge in [-0.15, -0.1) is 0 Å². The second kappa shape index (κ2) is 6.48. The van der Waals surface area contributed by atoms with Crippen molar-refractivity contribution in [2.24, 2.45) is 0 Å². The Balaban J connectivity index is 1.77. The van der Waals surface area contributed by atoms with Crippen LogP contribution in [0.4, 0.5) is 5.69 Å². The molecule has 2 aromatic carbocycles. The Bertz CT molecular complexity index is 1020. The molecule has 0 aliphatic heterocycles. The van der Waals surface area contributed by atoms with Crippen molar-refractivity contribution >= 4 is 21.4 Å². The van der Waals surface area contributed by atoms with Crippen LogP contribution >= 0.6 is 0 Å². The summed E-state index contributed by atoms with van der Waals surface area (Å²) >= 11 is 0. The first-order valence-electron chi connectivity index (χ1n) is 7.44. The summed E-state index contributed by atoms with van der Waals surface area (Å²) in [4.78, 5) is 16.7. The highest BCUT2D eigenvalue weighted by atomic mass is 32.2. The van der Waals surface area contributed by atoms with E-state index in [9.17, 15) is 13.2 Å². The van der Waals surface area contributed by atoms with Crippen LogP contribution in [0.25, 0.3) is 11.4 Å². The first-order valence-corrected chi connectivity index (χ1v) is 9.33. The molecular formula is C17H16N4O3S. The molecular weight excluding hydrogens is 340 g/mol. The van der Waals surface area contributed by atoms with Crippen LogP contribution in [0.3, 0.4) is 0 Å². The monoisotopic (exact) mass is 356 g/mol. The third kappa shape index (κ3) is 3.92. The fourth-order valence-corrected chi connectivity index (χ4v) is 2.91. The summed E-state index contributed by atoms with van der Waals surface area (Å²) in [6.45, 7) is 1.82. The van der Waals surface area contributed by atoms with Crippen LogP contribution in [0.1, 0.15) is 16.2 Å². The first-order chi connectivity index (χ1) is 11.8. The van der Waals surface area contributed by atoms with Crippen molar-refractivity contribution in [1.82, 2.24) is 15.2 Å². The third-order valence-corrected chi connectivity index (χ3v) is 4.63. The van der Waals surface area contributed by atoms with Gasteiger partial charge in [0.1, 0.15) is 5.82 Å². The number of aromatic nitrogens is 3. The highest BCUT2D eigenvalue weighted by Gasteiger charge is 2.12. The molecule has 0 fully saturated rings. The second-order valence-corrected chi connectivity index (χ2v) is 7.59. The molecule has 1 heterocycles. The van der Waals surface area contributed by atoms with Crippen molar-refractivity contribution in [2.75, 3.05) is 11.6 Å². The zero-order valence-electron chi connectivity index (χ0n) is 13.6. The van der Waals surface area contributed by atoms with E-state index in [4.69, 9.17) is 0 Å². The minimum Gasteiger partial charge on any atom is -0.322 e. The van der Waals surface area contributed by atoms with Gasteiger partial charge in [0, 0.05) is 23.1 Å². The second-order valence-electron chi connectivity index (χ2n) is 5.58. The van der Waals surface area contributed by atoms with Gasteiger partial charge in [0.05, 0.1) is 4.90 Å². The van der Waals surface area contributed by atoms with Gasteiger partial charge in [0.25, 0.3) is 5.91 Å². The third-order valence-electron chi connectivity index (χ3n) is 3.52. The number of aryl methyl sites for hydroxylation is 1. The zero-order chi connectivity index (χ0) is 18.0. The molecule has 0 saturated carbocycles. The standard InChI is InChI=1S/C17H16N4O3S/c1-11-18-16(21-20-11)12-6-8-14(9-7-12)19-17(22)13-4-3-5-15(10-13)25(2,23)24/h3-10H,1-2H3,(H,19,22)(H,18,20,21). The average molecular weight is 356 g/mol. The lowest BCUT2D eigenvalue weighted by Gasteiger charge is -2.07. The Morgan fingerprint density at radius 3 is 2.44 bits per heavy atom. The zero-order valence-corrected chi connectivity index (χ0v) is 14.5. The Hall–Kier alpha value is -3.00. The smallest absolute Gasteiger partial charge is 0.255 e. The molecule has 7 nitrogen and oxygen atoms in total. The SMILES string of the molecule is Cc1nc(-c2ccc(NC(=O)c3cccc(S(C)(=O)=O)c3)cc2)n[nH]1. The number of hydrogen-bond donors (Lipinski definition) is 2. The molecule has 128 valence electrons. The summed E-state index contributed by atoms with van der Waals surface area (Å²) in [5, 5.41) is 9.59. The van der Waals surface area contributed by atoms with E-state index in [0.29, 0.717) is 11.5 Å². The van der Waals surface area contributed by atoms with E-state index in [0.717, 1.165) is 17.6 Å². The van der Waals surface area contributed by atoms with E-state index in [2.05, 4.69) is 20.5 Å². The first kappa shape index (κ1) is 16.8. The predicted molar refractivity (Wildman–Crippen MR) is 94.1 cm³/mol. The fraction of sp³-hybridized carbons (Fsp3) is 0.118. The molecule has 3 rings (SSSR count). The van der Waals surface area contributed by atoms with Crippen molar-refractivity contribution in [1.29, 1.82) is 0 Å². The lowest BCUT2D eigenvalue weighted by Crippen LogP contribution is -2.12. The minimum absolute atomic E-state index is 0.107. The predicted octanol–water partition coefficient (Wildman–Crippen LogP) is 2.44. The van der Waals surface area contributed by atoms with E-state index < -0.39 is 9.84 Å². The largest absolute Gasteiger partial charge is 0.322 e. The van der Waals surface area contributed by atoms with Gasteiger partial charge in [0.15, 0.2) is 15.7 Å². The molecule has 0 bridgehead atoms. The van der Waals surface area contributed by atoms with Crippen LogP contribution < -0.4 is 5.32 Å². The molecule has 1 amide bonds. The number of rotatable bonds is 4. The summed E-state index contributed by atoms with van der Waals surface area (Å²) in [6.07, 6.45) is 1.10. The van der Waals surface area contributed by atoms with Crippen molar-refractivity contribution in [3.63, 3.8) is 0 Å². The number of sulfone groups is 1. The lowest BCUT2D eigenvalue weighted by atomic mass is 10.1. The normalized spacial score (nSPS) is 11.3. The summed E-state index contributed by atoms with van der Waals surface area (Å²) in [7, 11) is -3.36. The summed E-state index contributed by atoms with van der Waals surface area (Å²) in [6, 6.07) is 13.0. The Kier molecular flexibility index (Phi) is 4.37. The summed E-state index contributed by atoms with van der Waals surface area (Å²) in [5.74, 6) is 0.918. The van der Waals surface area contributed by atoms with E-state index in [1.807, 2.05) is 6.92 Å². The van der Waals surface area contributed by atoms with Crippen LogP contribution in [0, 0.1) is 6.92 Å². The van der Waals surface area contributed by atoms with Gasteiger partial charge >= 0.3 is 0 Å². The number of carbonyl (C=O) groups excluding carboxylic acids is 1. The molecule has 3 aromatic rings. The quantitative estimate of drug-likeness (QED) is 0.747. The van der Waals surface area contributed by atoms with Gasteiger partial charge in [-0.2, -0.15) is 5.10 Å². The van der Waals surface area contributed by atoms with E-state index in [1.54, 1.807) is 36.4 Å². The number of anilines is 1. The molecule has 0 saturated heterocycles. The summed E-state index contributed by atoms with van der Waals surface area (Å²) in [5.41, 5.74) is 1.68. The summed E-state index contributed by atoms with van der Waals surface area (Å²) < 4.78 is 23.2. The maximum Gasteiger partial charge on any atom is 0.255 e. The number of nitrogens with one attached hydrogen (secondary N) is 2. The number of amides is 1. The highest BCUT2D eigenvalue weighted by molar-refractivity contribution is 7.90. The van der Waals surface area contributed by atoms with E-state index in [-0.39, 0.29) is 16.4 Å². The molecule has 1 aromatic heterocycles. The molecule has 25 heavy (non-hydrogen) atoms. The number of hydrogen-bond acceptors (Lipinski definition) is 5. The molecule has 8 heteroatoms. The number of aromatic amines is 1. The number of H-pyrrole nitrogens is 1. The molecule has 0 aliphatic carbocycles. The van der Waals surface area contributed by atoms with E-state index >= 15 is 0 Å². The molecule has 0 atom stereocenters. The molecule has 0 aliphatic rings. The van der Waals surface area contributed by atoms with Crippen LogP contribution in [0.5, 0.6) is 0 Å². The van der Waals surface area contributed by atoms with Crippen LogP contribution in [-0.4, -0.2) is 35.8 Å². The van der Waals surface area contributed by atoms with Gasteiger partial charge in [-0.3, -0.25) is 9.89 Å². The number of nitrogens with zero attached hydrogens (tertiary/aromatic N) is 2. The molecule has 0 spiro atoms. The molecule has 0 unspecified atom stereocenters. The van der Waals surface area contributed by atoms with E-state index in [1.165, 1.54) is 12.1 Å². The minimum atomic E-state index is -3.36. The van der Waals surface area contributed by atoms with Gasteiger partial charge in [-0.25, -0.2) is 13.4 Å². The van der Waals surface area contributed by atoms with Gasteiger partial charge in [-0.05, 0) is 49.4 Å². The van der Waals surface area contributed by atoms with Crippen molar-refractivity contribution < 1.29 is 13.2 Å². The van der Waals surface area contributed by atoms with Gasteiger partial charge < -0.3 is 5.32 Å². The number of benzene rings is 2.